The van der Waals surface area contributed by atoms with E-state index in [1.807, 2.05) is 13.8 Å². The van der Waals surface area contributed by atoms with Crippen molar-refractivity contribution in [3.63, 3.8) is 0 Å². The summed E-state index contributed by atoms with van der Waals surface area (Å²) in [6, 6.07) is 5.26. The molecule has 0 aliphatic carbocycles. The van der Waals surface area contributed by atoms with E-state index >= 15 is 0 Å². The maximum atomic E-state index is 8.62. The van der Waals surface area contributed by atoms with Crippen molar-refractivity contribution in [1.82, 2.24) is 0 Å². The molecule has 0 heterocycles. The highest BCUT2D eigenvalue weighted by Crippen LogP contribution is 2.18. The van der Waals surface area contributed by atoms with Gasteiger partial charge in [-0.05, 0) is 30.2 Å². The summed E-state index contributed by atoms with van der Waals surface area (Å²) in [6.45, 7) is 4.12. The molecule has 0 bridgehead atoms. The van der Waals surface area contributed by atoms with Gasteiger partial charge in [0.1, 0.15) is 0 Å². The maximum absolute atomic E-state index is 8.62. The van der Waals surface area contributed by atoms with Gasteiger partial charge in [0.05, 0.1) is 0 Å². The highest BCUT2D eigenvalue weighted by Gasteiger charge is 1.96. The Morgan fingerprint density at radius 1 is 1.08 bits per heavy atom. The molecule has 0 unspecified atom stereocenters. The lowest BCUT2D eigenvalue weighted by molar-refractivity contribution is 0.299. The van der Waals surface area contributed by atoms with Gasteiger partial charge >= 0.3 is 0 Å². The van der Waals surface area contributed by atoms with Crippen LogP contribution in [0, 0.1) is 0 Å². The Morgan fingerprint density at radius 3 is 1.92 bits per heavy atom. The molecular weight excluding hydrogens is 207 g/mol. The number of aliphatic hydroxyl groups excluding tert-OH is 1. The fourth-order valence-corrected chi connectivity index (χ4v) is 1.46. The number of rotatable bonds is 2. The van der Waals surface area contributed by atoms with Crippen molar-refractivity contribution in [3.05, 3.63) is 33.8 Å². The molecule has 3 heteroatoms. The predicted octanol–water partition coefficient (Wildman–Crippen LogP) is 3.55. The Kier molecular flexibility index (Phi) is 7.06. The fourth-order valence-electron chi connectivity index (χ4n) is 0.884. The molecular formula is C10H14Cl2O. The largest absolute Gasteiger partial charge is 0.396 e. The molecule has 0 atom stereocenters. The van der Waals surface area contributed by atoms with Gasteiger partial charge in [0.2, 0.25) is 0 Å². The zero-order valence-electron chi connectivity index (χ0n) is 7.85. The maximum Gasteiger partial charge on any atom is 0.0471 e. The second-order valence-electron chi connectivity index (χ2n) is 2.25. The third kappa shape index (κ3) is 5.14. The second-order valence-corrected chi connectivity index (χ2v) is 3.12. The van der Waals surface area contributed by atoms with Gasteiger partial charge in [-0.1, -0.05) is 37.0 Å². The molecule has 0 spiro atoms. The van der Waals surface area contributed by atoms with E-state index in [2.05, 4.69) is 0 Å². The van der Waals surface area contributed by atoms with Crippen LogP contribution in [0.15, 0.2) is 18.2 Å². The Balaban J connectivity index is 0.000000671. The van der Waals surface area contributed by atoms with E-state index in [1.165, 1.54) is 0 Å². The van der Waals surface area contributed by atoms with Gasteiger partial charge in [0.15, 0.2) is 0 Å². The molecule has 1 N–H and O–H groups in total. The summed E-state index contributed by atoms with van der Waals surface area (Å²) >= 11 is 11.4. The first-order valence-electron chi connectivity index (χ1n) is 4.28. The molecule has 0 radical (unpaired) electrons. The normalized spacial score (nSPS) is 9.00. The molecule has 0 aliphatic rings. The van der Waals surface area contributed by atoms with Crippen molar-refractivity contribution >= 4 is 23.2 Å². The number of hydrogen-bond acceptors (Lipinski definition) is 1. The fraction of sp³-hybridized carbons (Fsp3) is 0.400. The summed E-state index contributed by atoms with van der Waals surface area (Å²) in [6.07, 6.45) is 0.597. The van der Waals surface area contributed by atoms with Crippen molar-refractivity contribution in [3.8, 4) is 0 Å². The van der Waals surface area contributed by atoms with Crippen molar-refractivity contribution in [1.29, 1.82) is 0 Å². The summed E-state index contributed by atoms with van der Waals surface area (Å²) in [7, 11) is 0. The average molecular weight is 221 g/mol. The molecule has 74 valence electrons. The van der Waals surface area contributed by atoms with Crippen molar-refractivity contribution in [2.24, 2.45) is 0 Å². The summed E-state index contributed by atoms with van der Waals surface area (Å²) in [4.78, 5) is 0. The summed E-state index contributed by atoms with van der Waals surface area (Å²) in [5.41, 5.74) is 0.963. The van der Waals surface area contributed by atoms with E-state index in [1.54, 1.807) is 18.2 Å². The minimum Gasteiger partial charge on any atom is -0.396 e. The lowest BCUT2D eigenvalue weighted by atomic mass is 10.2. The van der Waals surface area contributed by atoms with Crippen LogP contribution < -0.4 is 0 Å². The van der Waals surface area contributed by atoms with Crippen molar-refractivity contribution in [2.45, 2.75) is 20.3 Å². The summed E-state index contributed by atoms with van der Waals surface area (Å²) in [5, 5.41) is 9.84. The van der Waals surface area contributed by atoms with Crippen LogP contribution in [0.2, 0.25) is 10.0 Å². The second kappa shape index (κ2) is 7.19. The summed E-state index contributed by atoms with van der Waals surface area (Å²) < 4.78 is 0. The minimum absolute atomic E-state index is 0.122. The first-order chi connectivity index (χ1) is 6.22. The van der Waals surface area contributed by atoms with Gasteiger partial charge in [-0.25, -0.2) is 0 Å². The Morgan fingerprint density at radius 2 is 1.54 bits per heavy atom. The third-order valence-corrected chi connectivity index (χ3v) is 1.76. The molecule has 1 nitrogen and oxygen atoms in total. The van der Waals surface area contributed by atoms with E-state index < -0.39 is 0 Å². The molecule has 1 aromatic rings. The molecule has 0 saturated heterocycles. The van der Waals surface area contributed by atoms with Gasteiger partial charge in [-0.2, -0.15) is 0 Å². The van der Waals surface area contributed by atoms with Gasteiger partial charge in [0.25, 0.3) is 0 Å². The van der Waals surface area contributed by atoms with Crippen LogP contribution in [0.25, 0.3) is 0 Å². The van der Waals surface area contributed by atoms with E-state index in [0.29, 0.717) is 16.5 Å². The summed E-state index contributed by atoms with van der Waals surface area (Å²) in [5.74, 6) is 0. The molecule has 1 aromatic carbocycles. The van der Waals surface area contributed by atoms with E-state index in [0.717, 1.165) is 5.56 Å². The lowest BCUT2D eigenvalue weighted by Gasteiger charge is -1.99. The average Bonchev–Trinajstić information content (AvgIpc) is 2.06. The zero-order valence-corrected chi connectivity index (χ0v) is 9.36. The predicted molar refractivity (Wildman–Crippen MR) is 58.6 cm³/mol. The van der Waals surface area contributed by atoms with Gasteiger partial charge in [-0.3, -0.25) is 0 Å². The zero-order chi connectivity index (χ0) is 10.3. The molecule has 0 aromatic heterocycles. The first kappa shape index (κ1) is 12.8. The van der Waals surface area contributed by atoms with Crippen LogP contribution in [-0.4, -0.2) is 11.7 Å². The standard InChI is InChI=1S/C8H8Cl2O.C2H6/c9-7-3-6(1-2-11)4-8(10)5-7;1-2/h3-5,11H,1-2H2;1-2H3. The SMILES string of the molecule is CC.OCCc1cc(Cl)cc(Cl)c1. The lowest BCUT2D eigenvalue weighted by Crippen LogP contribution is -1.89. The molecule has 1 rings (SSSR count). The first-order valence-corrected chi connectivity index (χ1v) is 5.04. The number of halogens is 2. The quantitative estimate of drug-likeness (QED) is 0.809. The van der Waals surface area contributed by atoms with Crippen LogP contribution >= 0.6 is 23.2 Å². The smallest absolute Gasteiger partial charge is 0.0471 e. The van der Waals surface area contributed by atoms with E-state index in [9.17, 15) is 0 Å². The van der Waals surface area contributed by atoms with Crippen molar-refractivity contribution in [2.75, 3.05) is 6.61 Å². The van der Waals surface area contributed by atoms with Gasteiger partial charge < -0.3 is 5.11 Å². The topological polar surface area (TPSA) is 20.2 Å². The van der Waals surface area contributed by atoms with Gasteiger partial charge in [0, 0.05) is 16.7 Å². The number of aliphatic hydroxyl groups is 1. The highest BCUT2D eigenvalue weighted by atomic mass is 35.5. The number of hydrogen-bond donors (Lipinski definition) is 1. The molecule has 13 heavy (non-hydrogen) atoms. The Hall–Kier alpha value is -0.240. The van der Waals surface area contributed by atoms with Crippen molar-refractivity contribution < 1.29 is 5.11 Å². The van der Waals surface area contributed by atoms with Crippen LogP contribution in [-0.2, 0) is 6.42 Å². The highest BCUT2D eigenvalue weighted by molar-refractivity contribution is 6.34. The monoisotopic (exact) mass is 220 g/mol. The van der Waals surface area contributed by atoms with E-state index in [4.69, 9.17) is 28.3 Å². The van der Waals surface area contributed by atoms with Crippen LogP contribution in [0.1, 0.15) is 19.4 Å². The Bertz CT molecular complexity index is 228. The molecule has 0 aliphatic heterocycles. The Labute approximate surface area is 89.3 Å². The number of benzene rings is 1. The van der Waals surface area contributed by atoms with Crippen LogP contribution in [0.5, 0.6) is 0 Å². The molecule has 0 amide bonds. The molecule has 0 fully saturated rings. The third-order valence-electron chi connectivity index (χ3n) is 1.32. The van der Waals surface area contributed by atoms with Crippen LogP contribution in [0.4, 0.5) is 0 Å². The molecule has 0 saturated carbocycles. The minimum atomic E-state index is 0.122. The van der Waals surface area contributed by atoms with E-state index in [-0.39, 0.29) is 6.61 Å². The van der Waals surface area contributed by atoms with Gasteiger partial charge in [-0.15, -0.1) is 0 Å². The van der Waals surface area contributed by atoms with Crippen LogP contribution in [0.3, 0.4) is 0 Å².